The van der Waals surface area contributed by atoms with Crippen LogP contribution in [0.25, 0.3) is 10.6 Å². The van der Waals surface area contributed by atoms with Crippen molar-refractivity contribution in [2.45, 2.75) is 6.18 Å². The van der Waals surface area contributed by atoms with Crippen LogP contribution in [0.2, 0.25) is 0 Å². The minimum Gasteiger partial charge on any atom is -0.477 e. The molecule has 1 aromatic carbocycles. The van der Waals surface area contributed by atoms with Crippen molar-refractivity contribution in [1.29, 1.82) is 0 Å². The van der Waals surface area contributed by atoms with Crippen molar-refractivity contribution in [2.75, 3.05) is 0 Å². The van der Waals surface area contributed by atoms with E-state index >= 15 is 0 Å². The summed E-state index contributed by atoms with van der Waals surface area (Å²) in [5.74, 6) is -1.11. The Kier molecular flexibility index (Phi) is 3.08. The second kappa shape index (κ2) is 4.41. The maximum absolute atomic E-state index is 12.3. The number of alkyl halides is 3. The number of benzene rings is 1. The quantitative estimate of drug-likeness (QED) is 0.910. The third-order valence-corrected chi connectivity index (χ3v) is 3.21. The normalized spacial score (nSPS) is 11.5. The molecule has 1 N–H and O–H groups in total. The highest BCUT2D eigenvalue weighted by Crippen LogP contribution is 2.32. The van der Waals surface area contributed by atoms with E-state index in [2.05, 4.69) is 4.98 Å². The lowest BCUT2D eigenvalue weighted by Crippen LogP contribution is -2.03. The Morgan fingerprint density at radius 3 is 2.28 bits per heavy atom. The van der Waals surface area contributed by atoms with Crippen LogP contribution in [-0.4, -0.2) is 16.1 Å². The van der Waals surface area contributed by atoms with E-state index in [-0.39, 0.29) is 4.88 Å². The molecule has 0 spiro atoms. The molecule has 1 aromatic heterocycles. The van der Waals surface area contributed by atoms with Gasteiger partial charge in [0.1, 0.15) is 9.88 Å². The summed E-state index contributed by atoms with van der Waals surface area (Å²) >= 11 is 0.916. The molecule has 0 unspecified atom stereocenters. The summed E-state index contributed by atoms with van der Waals surface area (Å²) in [6.07, 6.45) is -3.20. The third kappa shape index (κ3) is 2.51. The van der Waals surface area contributed by atoms with Crippen molar-refractivity contribution < 1.29 is 23.1 Å². The number of carbonyl (C=O) groups is 1. The standard InChI is InChI=1S/C11H6F3NO2S/c12-11(13,14)7-3-1-6(2-4-7)9-15-5-8(18-9)10(16)17/h1-5H,(H,16,17). The molecule has 2 aromatic rings. The van der Waals surface area contributed by atoms with Gasteiger partial charge < -0.3 is 5.11 Å². The first-order chi connectivity index (χ1) is 8.38. The van der Waals surface area contributed by atoms with Crippen LogP contribution in [0.1, 0.15) is 15.2 Å². The Morgan fingerprint density at radius 2 is 1.83 bits per heavy atom. The van der Waals surface area contributed by atoms with Crippen LogP contribution in [0, 0.1) is 0 Å². The van der Waals surface area contributed by atoms with Crippen LogP contribution >= 0.6 is 11.3 Å². The van der Waals surface area contributed by atoms with E-state index < -0.39 is 17.7 Å². The molecule has 18 heavy (non-hydrogen) atoms. The van der Waals surface area contributed by atoms with Gasteiger partial charge in [-0.3, -0.25) is 0 Å². The second-order valence-corrected chi connectivity index (χ2v) is 4.44. The van der Waals surface area contributed by atoms with Crippen LogP contribution in [0.5, 0.6) is 0 Å². The largest absolute Gasteiger partial charge is 0.477 e. The van der Waals surface area contributed by atoms with Crippen molar-refractivity contribution in [3.63, 3.8) is 0 Å². The Hall–Kier alpha value is -1.89. The van der Waals surface area contributed by atoms with Gasteiger partial charge in [-0.25, -0.2) is 9.78 Å². The number of carboxylic acid groups (broad SMARTS) is 1. The molecule has 1 heterocycles. The fraction of sp³-hybridized carbons (Fsp3) is 0.0909. The van der Waals surface area contributed by atoms with Crippen LogP contribution in [0.3, 0.4) is 0 Å². The van der Waals surface area contributed by atoms with E-state index in [1.54, 1.807) is 0 Å². The smallest absolute Gasteiger partial charge is 0.416 e. The zero-order valence-electron chi connectivity index (χ0n) is 8.73. The fourth-order valence-electron chi connectivity index (χ4n) is 1.31. The first-order valence-corrected chi connectivity index (χ1v) is 5.56. The number of carboxylic acids is 1. The summed E-state index contributed by atoms with van der Waals surface area (Å²) < 4.78 is 37.0. The van der Waals surface area contributed by atoms with Gasteiger partial charge >= 0.3 is 12.1 Å². The molecule has 0 aliphatic heterocycles. The number of aromatic nitrogens is 1. The molecule has 3 nitrogen and oxygen atoms in total. The molecule has 0 amide bonds. The molecule has 7 heteroatoms. The number of thiazole rings is 1. The van der Waals surface area contributed by atoms with Gasteiger partial charge in [0.15, 0.2) is 0 Å². The molecule has 94 valence electrons. The van der Waals surface area contributed by atoms with Gasteiger partial charge in [-0.1, -0.05) is 12.1 Å². The minimum absolute atomic E-state index is 0.0462. The summed E-state index contributed by atoms with van der Waals surface area (Å²) in [5, 5.41) is 9.09. The van der Waals surface area contributed by atoms with Crippen LogP contribution in [-0.2, 0) is 6.18 Å². The highest BCUT2D eigenvalue weighted by Gasteiger charge is 2.30. The average Bonchev–Trinajstić information content (AvgIpc) is 2.77. The molecule has 0 saturated carbocycles. The van der Waals surface area contributed by atoms with Gasteiger partial charge in [0.05, 0.1) is 11.8 Å². The van der Waals surface area contributed by atoms with Crippen molar-refractivity contribution in [3.05, 3.63) is 40.9 Å². The number of rotatable bonds is 2. The fourth-order valence-corrected chi connectivity index (χ4v) is 2.07. The molecular formula is C11H6F3NO2S. The van der Waals surface area contributed by atoms with E-state index in [4.69, 9.17) is 5.11 Å². The van der Waals surface area contributed by atoms with E-state index in [0.29, 0.717) is 10.6 Å². The summed E-state index contributed by atoms with van der Waals surface area (Å²) in [6, 6.07) is 4.43. The van der Waals surface area contributed by atoms with Crippen molar-refractivity contribution >= 4 is 17.3 Å². The molecule has 0 saturated heterocycles. The van der Waals surface area contributed by atoms with E-state index in [9.17, 15) is 18.0 Å². The summed E-state index contributed by atoms with van der Waals surface area (Å²) in [4.78, 5) is 14.6. The van der Waals surface area contributed by atoms with E-state index in [1.807, 2.05) is 0 Å². The lowest BCUT2D eigenvalue weighted by molar-refractivity contribution is -0.137. The van der Waals surface area contributed by atoms with Gasteiger partial charge in [-0.2, -0.15) is 13.2 Å². The van der Waals surface area contributed by atoms with Crippen LogP contribution in [0.4, 0.5) is 13.2 Å². The third-order valence-electron chi connectivity index (χ3n) is 2.18. The van der Waals surface area contributed by atoms with Gasteiger partial charge in [0.25, 0.3) is 0 Å². The SMILES string of the molecule is O=C(O)c1cnc(-c2ccc(C(F)(F)F)cc2)s1. The monoisotopic (exact) mass is 273 g/mol. The Bertz CT molecular complexity index is 575. The van der Waals surface area contributed by atoms with Crippen molar-refractivity contribution in [2.24, 2.45) is 0 Å². The number of halogens is 3. The number of hydrogen-bond acceptors (Lipinski definition) is 3. The minimum atomic E-state index is -4.38. The van der Waals surface area contributed by atoms with Gasteiger partial charge in [0.2, 0.25) is 0 Å². The first-order valence-electron chi connectivity index (χ1n) is 4.74. The molecule has 0 fully saturated rings. The summed E-state index contributed by atoms with van der Waals surface area (Å²) in [6.45, 7) is 0. The zero-order chi connectivity index (χ0) is 13.3. The molecule has 2 rings (SSSR count). The molecule has 0 aliphatic carbocycles. The summed E-state index contributed by atoms with van der Waals surface area (Å²) in [7, 11) is 0. The van der Waals surface area contributed by atoms with Gasteiger partial charge in [-0.05, 0) is 12.1 Å². The van der Waals surface area contributed by atoms with E-state index in [0.717, 1.165) is 23.5 Å². The molecule has 0 atom stereocenters. The highest BCUT2D eigenvalue weighted by molar-refractivity contribution is 7.16. The predicted octanol–water partition coefficient (Wildman–Crippen LogP) is 3.53. The van der Waals surface area contributed by atoms with Crippen molar-refractivity contribution in [3.8, 4) is 10.6 Å². The van der Waals surface area contributed by atoms with Gasteiger partial charge in [-0.15, -0.1) is 11.3 Å². The first kappa shape index (κ1) is 12.6. The summed E-state index contributed by atoms with van der Waals surface area (Å²) in [5.41, 5.74) is -0.290. The number of hydrogen-bond donors (Lipinski definition) is 1. The van der Waals surface area contributed by atoms with E-state index in [1.165, 1.54) is 18.3 Å². The van der Waals surface area contributed by atoms with Crippen LogP contribution in [0.15, 0.2) is 30.5 Å². The second-order valence-electron chi connectivity index (χ2n) is 3.41. The molecule has 0 bridgehead atoms. The lowest BCUT2D eigenvalue weighted by Gasteiger charge is -2.06. The maximum Gasteiger partial charge on any atom is 0.416 e. The van der Waals surface area contributed by atoms with Crippen LogP contribution < -0.4 is 0 Å². The Morgan fingerprint density at radius 1 is 1.22 bits per heavy atom. The Balaban J connectivity index is 2.31. The molecular weight excluding hydrogens is 267 g/mol. The molecule has 0 aliphatic rings. The Labute approximate surface area is 104 Å². The zero-order valence-corrected chi connectivity index (χ0v) is 9.55. The lowest BCUT2D eigenvalue weighted by atomic mass is 10.1. The molecule has 0 radical (unpaired) electrons. The number of aromatic carboxylic acids is 1. The average molecular weight is 273 g/mol. The topological polar surface area (TPSA) is 50.2 Å². The maximum atomic E-state index is 12.3. The van der Waals surface area contributed by atoms with Gasteiger partial charge in [0, 0.05) is 5.56 Å². The highest BCUT2D eigenvalue weighted by atomic mass is 32.1. The van der Waals surface area contributed by atoms with Crippen molar-refractivity contribution in [1.82, 2.24) is 4.98 Å². The predicted molar refractivity (Wildman–Crippen MR) is 59.5 cm³/mol. The number of nitrogens with zero attached hydrogens (tertiary/aromatic N) is 1.